The van der Waals surface area contributed by atoms with E-state index in [-0.39, 0.29) is 18.0 Å². The van der Waals surface area contributed by atoms with Crippen LogP contribution in [-0.2, 0) is 11.2 Å². The molecule has 0 atom stereocenters. The molecule has 0 saturated carbocycles. The van der Waals surface area contributed by atoms with Gasteiger partial charge in [-0.2, -0.15) is 13.2 Å². The molecule has 0 bridgehead atoms. The molecule has 0 fully saturated rings. The number of rotatable bonds is 2. The van der Waals surface area contributed by atoms with E-state index in [2.05, 4.69) is 5.32 Å². The molecule has 0 radical (unpaired) electrons. The molecule has 2 N–H and O–H groups in total. The van der Waals surface area contributed by atoms with Gasteiger partial charge in [-0.25, -0.2) is 4.39 Å². The van der Waals surface area contributed by atoms with Crippen LogP contribution in [0.4, 0.5) is 23.2 Å². The maximum absolute atomic E-state index is 13.5. The number of carbonyl (C=O) groups is 2. The fraction of sp³-hybridized carbons (Fsp3) is 0.273. The van der Waals surface area contributed by atoms with Gasteiger partial charge in [-0.3, -0.25) is 9.59 Å². The van der Waals surface area contributed by atoms with Crippen LogP contribution in [-0.4, -0.2) is 24.5 Å². The molecule has 0 saturated heterocycles. The Morgan fingerprint density at radius 3 is 2.68 bits per heavy atom. The lowest BCUT2D eigenvalue weighted by Gasteiger charge is -2.10. The third-order valence-electron chi connectivity index (χ3n) is 2.51. The normalized spacial score (nSPS) is 14.0. The van der Waals surface area contributed by atoms with E-state index in [1.807, 2.05) is 0 Å². The molecule has 1 aliphatic rings. The van der Waals surface area contributed by atoms with E-state index in [1.54, 1.807) is 5.32 Å². The van der Waals surface area contributed by atoms with Gasteiger partial charge >= 0.3 is 6.18 Å². The molecule has 1 aliphatic heterocycles. The van der Waals surface area contributed by atoms with E-state index in [0.29, 0.717) is 5.56 Å². The number of alkyl halides is 3. The Morgan fingerprint density at radius 2 is 2.05 bits per heavy atom. The minimum atomic E-state index is -4.57. The van der Waals surface area contributed by atoms with E-state index in [1.165, 1.54) is 0 Å². The molecule has 1 aromatic carbocycles. The second kappa shape index (κ2) is 4.52. The Bertz CT molecular complexity index is 554. The number of anilines is 1. The van der Waals surface area contributed by atoms with Crippen molar-refractivity contribution in [1.29, 1.82) is 0 Å². The van der Waals surface area contributed by atoms with Crippen molar-refractivity contribution in [2.75, 3.05) is 11.9 Å². The lowest BCUT2D eigenvalue weighted by molar-refractivity contribution is -0.123. The summed E-state index contributed by atoms with van der Waals surface area (Å²) >= 11 is 0. The van der Waals surface area contributed by atoms with Crippen LogP contribution in [0.1, 0.15) is 15.9 Å². The smallest absolute Gasteiger partial charge is 0.343 e. The zero-order chi connectivity index (χ0) is 14.2. The summed E-state index contributed by atoms with van der Waals surface area (Å²) in [6.45, 7) is -1.54. The molecule has 1 aromatic rings. The summed E-state index contributed by atoms with van der Waals surface area (Å²) in [7, 11) is 0. The van der Waals surface area contributed by atoms with Crippen molar-refractivity contribution in [2.24, 2.45) is 0 Å². The lowest BCUT2D eigenvalue weighted by Crippen LogP contribution is -2.34. The van der Waals surface area contributed by atoms with Crippen molar-refractivity contribution in [1.82, 2.24) is 5.32 Å². The molecule has 2 amide bonds. The zero-order valence-electron chi connectivity index (χ0n) is 9.40. The van der Waals surface area contributed by atoms with Crippen molar-refractivity contribution < 1.29 is 27.2 Å². The molecule has 8 heteroatoms. The minimum absolute atomic E-state index is 0.0326. The average Bonchev–Trinajstić information content (AvgIpc) is 2.63. The quantitative estimate of drug-likeness (QED) is 0.806. The highest BCUT2D eigenvalue weighted by Crippen LogP contribution is 2.26. The number of carbonyl (C=O) groups excluding carboxylic acids is 2. The first-order chi connectivity index (χ1) is 8.76. The van der Waals surface area contributed by atoms with E-state index < -0.39 is 30.0 Å². The summed E-state index contributed by atoms with van der Waals surface area (Å²) < 4.78 is 49.4. The van der Waals surface area contributed by atoms with Crippen LogP contribution in [0, 0.1) is 5.82 Å². The molecule has 0 spiro atoms. The average molecular weight is 276 g/mol. The predicted molar refractivity (Wildman–Crippen MR) is 57.1 cm³/mol. The summed E-state index contributed by atoms with van der Waals surface area (Å²) in [5.41, 5.74) is 0.0953. The van der Waals surface area contributed by atoms with Crippen molar-refractivity contribution in [3.05, 3.63) is 29.1 Å². The van der Waals surface area contributed by atoms with Gasteiger partial charge in [0.05, 0.1) is 12.0 Å². The second-order valence-electron chi connectivity index (χ2n) is 4.01. The third kappa shape index (κ3) is 3.01. The van der Waals surface area contributed by atoms with Gasteiger partial charge in [0.1, 0.15) is 12.4 Å². The van der Waals surface area contributed by atoms with E-state index in [9.17, 15) is 27.2 Å². The fourth-order valence-electron chi connectivity index (χ4n) is 1.70. The van der Waals surface area contributed by atoms with Gasteiger partial charge in [-0.05, 0) is 17.7 Å². The van der Waals surface area contributed by atoms with Crippen molar-refractivity contribution in [3.63, 3.8) is 0 Å². The minimum Gasteiger partial charge on any atom is -0.343 e. The zero-order valence-corrected chi connectivity index (χ0v) is 9.40. The topological polar surface area (TPSA) is 58.2 Å². The monoisotopic (exact) mass is 276 g/mol. The van der Waals surface area contributed by atoms with Crippen LogP contribution in [0.5, 0.6) is 0 Å². The van der Waals surface area contributed by atoms with E-state index in [0.717, 1.165) is 12.1 Å². The summed E-state index contributed by atoms with van der Waals surface area (Å²) in [6, 6.07) is 2.00. The van der Waals surface area contributed by atoms with Crippen LogP contribution in [0.15, 0.2) is 12.1 Å². The van der Waals surface area contributed by atoms with Gasteiger partial charge in [0.25, 0.3) is 5.91 Å². The van der Waals surface area contributed by atoms with Crippen molar-refractivity contribution >= 4 is 17.5 Å². The molecule has 0 aromatic heterocycles. The van der Waals surface area contributed by atoms with Gasteiger partial charge in [0.15, 0.2) is 0 Å². The van der Waals surface area contributed by atoms with Crippen LogP contribution in [0.25, 0.3) is 0 Å². The number of hydrogen-bond donors (Lipinski definition) is 2. The van der Waals surface area contributed by atoms with Crippen LogP contribution >= 0.6 is 0 Å². The van der Waals surface area contributed by atoms with Gasteiger partial charge < -0.3 is 10.6 Å². The number of fused-ring (bicyclic) bond motifs is 1. The number of nitrogens with one attached hydrogen (secondary N) is 2. The SMILES string of the molecule is O=C1Cc2cc(C(=O)NCC(F)(F)F)c(F)cc2N1. The maximum atomic E-state index is 13.5. The van der Waals surface area contributed by atoms with Crippen molar-refractivity contribution in [2.45, 2.75) is 12.6 Å². The van der Waals surface area contributed by atoms with Gasteiger partial charge in [-0.1, -0.05) is 0 Å². The molecular weight excluding hydrogens is 268 g/mol. The first kappa shape index (κ1) is 13.3. The molecule has 19 heavy (non-hydrogen) atoms. The van der Waals surface area contributed by atoms with Crippen LogP contribution in [0.2, 0.25) is 0 Å². The molecule has 0 aliphatic carbocycles. The second-order valence-corrected chi connectivity index (χ2v) is 4.01. The summed E-state index contributed by atoms with van der Waals surface area (Å²) in [5, 5.41) is 3.94. The highest BCUT2D eigenvalue weighted by molar-refractivity contribution is 6.01. The molecule has 2 rings (SSSR count). The summed E-state index contributed by atoms with van der Waals surface area (Å²) in [5.74, 6) is -2.51. The Morgan fingerprint density at radius 1 is 1.37 bits per heavy atom. The Labute approximate surface area is 104 Å². The van der Waals surface area contributed by atoms with Gasteiger partial charge in [0, 0.05) is 5.69 Å². The predicted octanol–water partition coefficient (Wildman–Crippen LogP) is 1.61. The molecule has 4 nitrogen and oxygen atoms in total. The lowest BCUT2D eigenvalue weighted by atomic mass is 10.1. The fourth-order valence-corrected chi connectivity index (χ4v) is 1.70. The highest BCUT2D eigenvalue weighted by atomic mass is 19.4. The standard InChI is InChI=1S/C11H8F4N2O2/c12-7-3-8-5(2-9(18)17-8)1-6(7)10(19)16-4-11(13,14)15/h1,3H,2,4H2,(H,16,19)(H,17,18). The van der Waals surface area contributed by atoms with Crippen LogP contribution in [0.3, 0.4) is 0 Å². The molecule has 1 heterocycles. The van der Waals surface area contributed by atoms with Crippen molar-refractivity contribution in [3.8, 4) is 0 Å². The first-order valence-corrected chi connectivity index (χ1v) is 5.23. The van der Waals surface area contributed by atoms with Gasteiger partial charge in [0.2, 0.25) is 5.91 Å². The number of benzene rings is 1. The first-order valence-electron chi connectivity index (χ1n) is 5.23. The maximum Gasteiger partial charge on any atom is 0.405 e. The Balaban J connectivity index is 2.19. The number of halogens is 4. The number of hydrogen-bond acceptors (Lipinski definition) is 2. The Kier molecular flexibility index (Phi) is 3.17. The number of amides is 2. The summed E-state index contributed by atoms with van der Waals surface area (Å²) in [6.07, 6.45) is -4.60. The largest absolute Gasteiger partial charge is 0.405 e. The van der Waals surface area contributed by atoms with Gasteiger partial charge in [-0.15, -0.1) is 0 Å². The Hall–Kier alpha value is -2.12. The molecular formula is C11H8F4N2O2. The van der Waals surface area contributed by atoms with E-state index >= 15 is 0 Å². The molecule has 0 unspecified atom stereocenters. The third-order valence-corrected chi connectivity index (χ3v) is 2.51. The van der Waals surface area contributed by atoms with Crippen LogP contribution < -0.4 is 10.6 Å². The van der Waals surface area contributed by atoms with E-state index in [4.69, 9.17) is 0 Å². The highest BCUT2D eigenvalue weighted by Gasteiger charge is 2.29. The molecule has 102 valence electrons. The summed E-state index contributed by atoms with van der Waals surface area (Å²) in [4.78, 5) is 22.5.